The van der Waals surface area contributed by atoms with Crippen molar-refractivity contribution in [1.82, 2.24) is 0 Å². The lowest BCUT2D eigenvalue weighted by Crippen LogP contribution is -2.25. The Morgan fingerprint density at radius 3 is 2.29 bits per heavy atom. The molecule has 0 bridgehead atoms. The Morgan fingerprint density at radius 2 is 1.81 bits per heavy atom. The molecule has 1 rings (SSSR count). The zero-order chi connectivity index (χ0) is 16.2. The Balaban J connectivity index is 3.16. The van der Waals surface area contributed by atoms with Gasteiger partial charge in [0.05, 0.1) is 5.92 Å². The van der Waals surface area contributed by atoms with E-state index in [2.05, 4.69) is 0 Å². The summed E-state index contributed by atoms with van der Waals surface area (Å²) in [5.41, 5.74) is -0.322. The van der Waals surface area contributed by atoms with Gasteiger partial charge in [0.1, 0.15) is 23.2 Å². The number of esters is 2. The lowest BCUT2D eigenvalue weighted by molar-refractivity contribution is -0.137. The van der Waals surface area contributed by atoms with Crippen LogP contribution in [0.15, 0.2) is 18.2 Å². The second kappa shape index (κ2) is 6.52. The van der Waals surface area contributed by atoms with E-state index < -0.39 is 17.5 Å². The summed E-state index contributed by atoms with van der Waals surface area (Å²) in [5, 5.41) is 0. The average Bonchev–Trinajstić information content (AvgIpc) is 2.36. The minimum absolute atomic E-state index is 0.0588. The highest BCUT2D eigenvalue weighted by atomic mass is 16.6. The van der Waals surface area contributed by atoms with Gasteiger partial charge in [-0.25, -0.2) is 4.79 Å². The quantitative estimate of drug-likeness (QED) is 0.484. The number of hydrogen-bond acceptors (Lipinski definition) is 5. The van der Waals surface area contributed by atoms with Crippen molar-refractivity contribution in [3.05, 3.63) is 29.3 Å². The molecular formula is C16H20O5. The predicted octanol–water partition coefficient (Wildman–Crippen LogP) is 3.02. The molecule has 0 fully saturated rings. The van der Waals surface area contributed by atoms with Crippen molar-refractivity contribution in [3.63, 3.8) is 0 Å². The second-order valence-electron chi connectivity index (χ2n) is 5.95. The van der Waals surface area contributed by atoms with Crippen LogP contribution in [0.5, 0.6) is 5.75 Å². The number of hydrogen-bond donors (Lipinski definition) is 0. The SMILES string of the molecule is CC(C)C(=O)Oc1ccc(C=O)cc1C(=O)OC(C)(C)C. The molecule has 5 nitrogen and oxygen atoms in total. The van der Waals surface area contributed by atoms with E-state index in [1.165, 1.54) is 18.2 Å². The zero-order valence-corrected chi connectivity index (χ0v) is 12.9. The fourth-order valence-corrected chi connectivity index (χ4v) is 1.43. The topological polar surface area (TPSA) is 69.7 Å². The second-order valence-corrected chi connectivity index (χ2v) is 5.95. The van der Waals surface area contributed by atoms with Crippen molar-refractivity contribution >= 4 is 18.2 Å². The van der Waals surface area contributed by atoms with Gasteiger partial charge in [-0.2, -0.15) is 0 Å². The molecule has 5 heteroatoms. The highest BCUT2D eigenvalue weighted by Crippen LogP contribution is 2.24. The molecule has 0 N–H and O–H groups in total. The fourth-order valence-electron chi connectivity index (χ4n) is 1.43. The Bertz CT molecular complexity index is 552. The van der Waals surface area contributed by atoms with Gasteiger partial charge >= 0.3 is 11.9 Å². The molecule has 114 valence electrons. The van der Waals surface area contributed by atoms with Crippen LogP contribution < -0.4 is 4.74 Å². The molecule has 0 spiro atoms. The van der Waals surface area contributed by atoms with Gasteiger partial charge in [0.25, 0.3) is 0 Å². The van der Waals surface area contributed by atoms with E-state index in [1.54, 1.807) is 34.6 Å². The maximum atomic E-state index is 12.2. The fraction of sp³-hybridized carbons (Fsp3) is 0.438. The minimum Gasteiger partial charge on any atom is -0.456 e. The monoisotopic (exact) mass is 292 g/mol. The molecular weight excluding hydrogens is 272 g/mol. The molecule has 0 unspecified atom stereocenters. The number of rotatable bonds is 4. The summed E-state index contributed by atoms with van der Waals surface area (Å²) in [4.78, 5) is 34.7. The third kappa shape index (κ3) is 5.02. The third-order valence-electron chi connectivity index (χ3n) is 2.44. The molecule has 0 saturated carbocycles. The van der Waals surface area contributed by atoms with E-state index in [0.717, 1.165) is 0 Å². The van der Waals surface area contributed by atoms with Gasteiger partial charge in [-0.15, -0.1) is 0 Å². The molecule has 0 saturated heterocycles. The van der Waals surface area contributed by atoms with Crippen molar-refractivity contribution in [3.8, 4) is 5.75 Å². The first-order valence-corrected chi connectivity index (χ1v) is 6.68. The average molecular weight is 292 g/mol. The van der Waals surface area contributed by atoms with Crippen molar-refractivity contribution in [1.29, 1.82) is 0 Å². The van der Waals surface area contributed by atoms with Gasteiger partial charge in [0, 0.05) is 5.56 Å². The molecule has 21 heavy (non-hydrogen) atoms. The molecule has 0 aliphatic carbocycles. The zero-order valence-electron chi connectivity index (χ0n) is 12.9. The van der Waals surface area contributed by atoms with Gasteiger partial charge in [-0.3, -0.25) is 9.59 Å². The molecule has 1 aromatic carbocycles. The number of aldehydes is 1. The third-order valence-corrected chi connectivity index (χ3v) is 2.44. The Morgan fingerprint density at radius 1 is 1.19 bits per heavy atom. The van der Waals surface area contributed by atoms with Crippen LogP contribution in [0.2, 0.25) is 0 Å². The van der Waals surface area contributed by atoms with Crippen LogP contribution in [0.25, 0.3) is 0 Å². The summed E-state index contributed by atoms with van der Waals surface area (Å²) in [6.45, 7) is 8.57. The van der Waals surface area contributed by atoms with Gasteiger partial charge in [-0.05, 0) is 39.0 Å². The molecule has 0 amide bonds. The lowest BCUT2D eigenvalue weighted by atomic mass is 10.1. The maximum absolute atomic E-state index is 12.2. The van der Waals surface area contributed by atoms with Crippen molar-refractivity contribution in [2.24, 2.45) is 5.92 Å². The van der Waals surface area contributed by atoms with Crippen LogP contribution in [0.3, 0.4) is 0 Å². The van der Waals surface area contributed by atoms with Gasteiger partial charge in [0.2, 0.25) is 0 Å². The van der Waals surface area contributed by atoms with Crippen LogP contribution in [-0.2, 0) is 9.53 Å². The molecule has 0 atom stereocenters. The van der Waals surface area contributed by atoms with Crippen molar-refractivity contribution < 1.29 is 23.9 Å². The Hall–Kier alpha value is -2.17. The number of ether oxygens (including phenoxy) is 2. The minimum atomic E-state index is -0.687. The first-order chi connectivity index (χ1) is 9.64. The molecule has 1 aromatic rings. The molecule has 0 aromatic heterocycles. The summed E-state index contributed by atoms with van der Waals surface area (Å²) in [7, 11) is 0. The summed E-state index contributed by atoms with van der Waals surface area (Å²) < 4.78 is 10.4. The van der Waals surface area contributed by atoms with E-state index >= 15 is 0 Å². The number of benzene rings is 1. The predicted molar refractivity (Wildman–Crippen MR) is 77.5 cm³/mol. The highest BCUT2D eigenvalue weighted by Gasteiger charge is 2.23. The number of carbonyl (C=O) groups excluding carboxylic acids is 3. The first-order valence-electron chi connectivity index (χ1n) is 6.68. The van der Waals surface area contributed by atoms with E-state index in [9.17, 15) is 14.4 Å². The van der Waals surface area contributed by atoms with Gasteiger partial charge in [0.15, 0.2) is 0 Å². The summed E-state index contributed by atoms with van der Waals surface area (Å²) in [5.74, 6) is -1.34. The molecule has 0 heterocycles. The lowest BCUT2D eigenvalue weighted by Gasteiger charge is -2.20. The van der Waals surface area contributed by atoms with Crippen LogP contribution in [0.1, 0.15) is 55.3 Å². The highest BCUT2D eigenvalue weighted by molar-refractivity contribution is 5.95. The summed E-state index contributed by atoms with van der Waals surface area (Å²) >= 11 is 0. The Labute approximate surface area is 124 Å². The van der Waals surface area contributed by atoms with Crippen molar-refractivity contribution in [2.45, 2.75) is 40.2 Å². The standard InChI is InChI=1S/C16H20O5/c1-10(2)14(18)20-13-7-6-11(9-17)8-12(13)15(19)21-16(3,4)5/h6-10H,1-5H3. The molecule has 0 aliphatic heterocycles. The van der Waals surface area contributed by atoms with Crippen LogP contribution >= 0.6 is 0 Å². The maximum Gasteiger partial charge on any atom is 0.342 e. The number of carbonyl (C=O) groups is 3. The van der Waals surface area contributed by atoms with Crippen molar-refractivity contribution in [2.75, 3.05) is 0 Å². The van der Waals surface area contributed by atoms with Crippen LogP contribution in [-0.4, -0.2) is 23.8 Å². The molecule has 0 radical (unpaired) electrons. The van der Waals surface area contributed by atoms with Crippen LogP contribution in [0.4, 0.5) is 0 Å². The largest absolute Gasteiger partial charge is 0.456 e. The van der Waals surface area contributed by atoms with E-state index in [0.29, 0.717) is 11.8 Å². The van der Waals surface area contributed by atoms with E-state index in [-0.39, 0.29) is 17.2 Å². The van der Waals surface area contributed by atoms with Gasteiger partial charge in [-0.1, -0.05) is 13.8 Å². The first kappa shape index (κ1) is 16.9. The van der Waals surface area contributed by atoms with Gasteiger partial charge < -0.3 is 9.47 Å². The normalized spacial score (nSPS) is 11.1. The van der Waals surface area contributed by atoms with E-state index in [1.807, 2.05) is 0 Å². The summed E-state index contributed by atoms with van der Waals surface area (Å²) in [6, 6.07) is 4.25. The van der Waals surface area contributed by atoms with Crippen LogP contribution in [0, 0.1) is 5.92 Å². The van der Waals surface area contributed by atoms with E-state index in [4.69, 9.17) is 9.47 Å². The smallest absolute Gasteiger partial charge is 0.342 e. The molecule has 0 aliphatic rings. The Kier molecular flexibility index (Phi) is 5.24. The summed E-state index contributed by atoms with van der Waals surface area (Å²) in [6.07, 6.45) is 0.613.